The Morgan fingerprint density at radius 3 is 1.50 bits per heavy atom. The van der Waals surface area contributed by atoms with Crippen LogP contribution >= 0.6 is 0 Å². The SMILES string of the molecule is [B]c1c([B])c([B])c2c(-c3ccc4oc5ccc(/C=C\C=C/C)cc5c4c3)c3c([B])c([B])c([B])c([B])c3c(-c3ccc4ccccc4c3)c2c1[B]. The average molecular weight is 615 g/mol. The van der Waals surface area contributed by atoms with Gasteiger partial charge >= 0.3 is 0 Å². The van der Waals surface area contributed by atoms with Gasteiger partial charge < -0.3 is 4.42 Å². The summed E-state index contributed by atoms with van der Waals surface area (Å²) in [6.45, 7) is 1.98. The molecule has 0 N–H and O–H groups in total. The normalized spacial score (nSPS) is 12.2. The Kier molecular flexibility index (Phi) is 7.87. The predicted octanol–water partition coefficient (Wildman–Crippen LogP) is 2.32. The Labute approximate surface area is 301 Å². The zero-order chi connectivity index (χ0) is 35.0. The highest BCUT2D eigenvalue weighted by atomic mass is 16.3. The molecular formula is C41H20B8O. The molecule has 0 amide bonds. The highest BCUT2D eigenvalue weighted by Crippen LogP contribution is 2.42. The van der Waals surface area contributed by atoms with E-state index in [0.717, 1.165) is 43.8 Å². The molecule has 0 unspecified atom stereocenters. The Hall–Kier alpha value is -4.88. The van der Waals surface area contributed by atoms with Gasteiger partial charge in [-0.2, -0.15) is 0 Å². The third-order valence-corrected chi connectivity index (χ3v) is 9.73. The second-order valence-corrected chi connectivity index (χ2v) is 12.6. The van der Waals surface area contributed by atoms with Crippen molar-refractivity contribution in [2.24, 2.45) is 0 Å². The second-order valence-electron chi connectivity index (χ2n) is 12.6. The molecule has 214 valence electrons. The third-order valence-electron chi connectivity index (χ3n) is 9.73. The molecule has 0 fully saturated rings. The standard InChI is InChI=1S/C41H20B8O/c1-2-3-4-7-19-10-14-26-24(16-19)25-18-23(13-15-27(25)50-26)29-32-30(34(42)38(46)40(48)36(32)44)28(22-12-11-20-8-5-6-9-21(20)17-22)31-33(29)37(45)41(49)39(47)35(31)43/h2-18H,1H3/b3-2-,7-4-. The molecule has 0 aliphatic carbocycles. The lowest BCUT2D eigenvalue weighted by molar-refractivity contribution is 0.669. The molecular weight excluding hydrogens is 595 g/mol. The third kappa shape index (κ3) is 4.81. The van der Waals surface area contributed by atoms with E-state index in [9.17, 15) is 0 Å². The maximum absolute atomic E-state index is 6.95. The summed E-state index contributed by atoms with van der Waals surface area (Å²) >= 11 is 0. The number of allylic oxidation sites excluding steroid dienone is 3. The van der Waals surface area contributed by atoms with Crippen LogP contribution in [0.25, 0.3) is 82.6 Å². The topological polar surface area (TPSA) is 13.1 Å². The smallest absolute Gasteiger partial charge is 0.135 e. The Morgan fingerprint density at radius 1 is 0.460 bits per heavy atom. The fourth-order valence-corrected chi connectivity index (χ4v) is 7.20. The molecule has 0 saturated carbocycles. The van der Waals surface area contributed by atoms with Gasteiger partial charge in [0.25, 0.3) is 0 Å². The van der Waals surface area contributed by atoms with Crippen molar-refractivity contribution in [1.29, 1.82) is 0 Å². The molecule has 0 saturated heterocycles. The number of rotatable bonds is 4. The lowest BCUT2D eigenvalue weighted by Crippen LogP contribution is -2.50. The number of fused-ring (bicyclic) bond motifs is 6. The van der Waals surface area contributed by atoms with Crippen LogP contribution in [0.4, 0.5) is 0 Å². The first-order valence-corrected chi connectivity index (χ1v) is 16.1. The van der Waals surface area contributed by atoms with Crippen molar-refractivity contribution in [3.63, 3.8) is 0 Å². The summed E-state index contributed by atoms with van der Waals surface area (Å²) in [5.41, 5.74) is 7.11. The molecule has 1 heterocycles. The highest BCUT2D eigenvalue weighted by Gasteiger charge is 2.25. The fourth-order valence-electron chi connectivity index (χ4n) is 7.20. The molecule has 0 aliphatic heterocycles. The zero-order valence-electron chi connectivity index (χ0n) is 27.3. The highest BCUT2D eigenvalue weighted by molar-refractivity contribution is 6.71. The molecule has 0 aliphatic rings. The summed E-state index contributed by atoms with van der Waals surface area (Å²) in [5.74, 6) is 0. The van der Waals surface area contributed by atoms with E-state index >= 15 is 0 Å². The molecule has 7 aromatic carbocycles. The van der Waals surface area contributed by atoms with Crippen LogP contribution in [0.5, 0.6) is 0 Å². The van der Waals surface area contributed by atoms with Gasteiger partial charge in [0, 0.05) is 10.8 Å². The minimum absolute atomic E-state index is 0.169. The van der Waals surface area contributed by atoms with Crippen molar-refractivity contribution < 1.29 is 4.42 Å². The van der Waals surface area contributed by atoms with Crippen molar-refractivity contribution in [3.8, 4) is 22.3 Å². The molecule has 0 bridgehead atoms. The van der Waals surface area contributed by atoms with E-state index in [4.69, 9.17) is 67.2 Å². The van der Waals surface area contributed by atoms with Gasteiger partial charge in [0.2, 0.25) is 0 Å². The first-order chi connectivity index (χ1) is 24.1. The lowest BCUT2D eigenvalue weighted by atomic mass is 9.59. The summed E-state index contributed by atoms with van der Waals surface area (Å²) in [5, 5.41) is 6.21. The monoisotopic (exact) mass is 616 g/mol. The van der Waals surface area contributed by atoms with Gasteiger partial charge in [-0.25, -0.2) is 0 Å². The molecule has 0 atom stereocenters. The van der Waals surface area contributed by atoms with E-state index in [1.807, 2.05) is 91.9 Å². The van der Waals surface area contributed by atoms with Gasteiger partial charge in [-0.1, -0.05) is 94.7 Å². The molecule has 1 aromatic heterocycles. The summed E-state index contributed by atoms with van der Waals surface area (Å²) in [4.78, 5) is 0. The summed E-state index contributed by atoms with van der Waals surface area (Å²) in [6.07, 6.45) is 8.00. The van der Waals surface area contributed by atoms with Crippen LogP contribution < -0.4 is 43.7 Å². The van der Waals surface area contributed by atoms with Gasteiger partial charge in [-0.05, 0) is 97.4 Å². The zero-order valence-corrected chi connectivity index (χ0v) is 27.3. The largest absolute Gasteiger partial charge is 0.456 e. The minimum Gasteiger partial charge on any atom is -0.456 e. The molecule has 1 nitrogen and oxygen atoms in total. The Bertz CT molecular complexity index is 2730. The molecule has 8 aromatic rings. The molecule has 8 rings (SSSR count). The molecule has 16 radical (unpaired) electrons. The van der Waals surface area contributed by atoms with Gasteiger partial charge in [-0.15, -0.1) is 21.9 Å². The van der Waals surface area contributed by atoms with Crippen molar-refractivity contribution in [2.45, 2.75) is 6.92 Å². The first kappa shape index (κ1) is 32.3. The molecule has 0 spiro atoms. The van der Waals surface area contributed by atoms with Gasteiger partial charge in [0.05, 0.1) is 0 Å². The maximum atomic E-state index is 6.95. The van der Waals surface area contributed by atoms with E-state index in [-0.39, 0.29) is 43.7 Å². The lowest BCUT2D eigenvalue weighted by Gasteiger charge is -2.28. The Balaban J connectivity index is 1.58. The number of hydrogen-bond donors (Lipinski definition) is 0. The molecule has 50 heavy (non-hydrogen) atoms. The van der Waals surface area contributed by atoms with E-state index in [0.29, 0.717) is 38.3 Å². The number of hydrogen-bond acceptors (Lipinski definition) is 1. The summed E-state index contributed by atoms with van der Waals surface area (Å²) < 4.78 is 6.27. The van der Waals surface area contributed by atoms with Crippen LogP contribution in [0.1, 0.15) is 12.5 Å². The number of furan rings is 1. The summed E-state index contributed by atoms with van der Waals surface area (Å²) in [7, 11) is 54.1. The van der Waals surface area contributed by atoms with Crippen molar-refractivity contribution in [1.82, 2.24) is 0 Å². The first-order valence-electron chi connectivity index (χ1n) is 16.1. The van der Waals surface area contributed by atoms with Crippen LogP contribution in [-0.2, 0) is 0 Å². The van der Waals surface area contributed by atoms with Gasteiger partial charge in [0.15, 0.2) is 0 Å². The van der Waals surface area contributed by atoms with Crippen LogP contribution in [0.2, 0.25) is 0 Å². The van der Waals surface area contributed by atoms with Crippen LogP contribution in [0.3, 0.4) is 0 Å². The minimum atomic E-state index is 0.169. The maximum Gasteiger partial charge on any atom is 0.135 e. The average Bonchev–Trinajstić information content (AvgIpc) is 3.50. The van der Waals surface area contributed by atoms with Gasteiger partial charge in [-0.3, -0.25) is 0 Å². The van der Waals surface area contributed by atoms with E-state index in [1.165, 1.54) is 0 Å². The van der Waals surface area contributed by atoms with Crippen LogP contribution in [0, 0.1) is 0 Å². The quantitative estimate of drug-likeness (QED) is 0.169. The van der Waals surface area contributed by atoms with Crippen molar-refractivity contribution in [2.75, 3.05) is 0 Å². The Morgan fingerprint density at radius 2 is 0.940 bits per heavy atom. The van der Waals surface area contributed by atoms with Crippen molar-refractivity contribution >= 4 is 167 Å². The van der Waals surface area contributed by atoms with Crippen molar-refractivity contribution in [3.05, 3.63) is 103 Å². The fraction of sp³-hybridized carbons (Fsp3) is 0.0244. The van der Waals surface area contributed by atoms with E-state index in [1.54, 1.807) is 0 Å². The summed E-state index contributed by atoms with van der Waals surface area (Å²) in [6, 6.07) is 26.2. The van der Waals surface area contributed by atoms with Crippen LogP contribution in [0.15, 0.2) is 102 Å². The van der Waals surface area contributed by atoms with Gasteiger partial charge in [0.1, 0.15) is 73.9 Å². The van der Waals surface area contributed by atoms with E-state index < -0.39 is 0 Å². The number of benzene rings is 7. The van der Waals surface area contributed by atoms with E-state index in [2.05, 4.69) is 18.2 Å². The second kappa shape index (κ2) is 12.2. The van der Waals surface area contributed by atoms with Crippen LogP contribution in [-0.4, -0.2) is 62.8 Å². The predicted molar refractivity (Wildman–Crippen MR) is 224 cm³/mol. The molecule has 9 heteroatoms.